The summed E-state index contributed by atoms with van der Waals surface area (Å²) in [5, 5.41) is 56.4. The van der Waals surface area contributed by atoms with Crippen LogP contribution in [0.4, 0.5) is 0 Å². The minimum absolute atomic E-state index is 0.667. The standard InChI is InChI=1S/C9H16O9/c10-1-3-5(12)6(13)7(14)9(17-3)18-4(2-11)8(15)16/h3-7,9-14H,1-2H2,(H,15,16)/p-1/t3?,4?,5-,6+,7?,9-/m1/s1. The first-order valence-corrected chi connectivity index (χ1v) is 5.20. The van der Waals surface area contributed by atoms with E-state index in [1.165, 1.54) is 0 Å². The Labute approximate surface area is 102 Å². The van der Waals surface area contributed by atoms with Crippen LogP contribution in [0, 0.1) is 0 Å². The molecule has 1 saturated heterocycles. The molecule has 1 rings (SSSR count). The van der Waals surface area contributed by atoms with Gasteiger partial charge in [0.25, 0.3) is 0 Å². The van der Waals surface area contributed by atoms with Crippen molar-refractivity contribution >= 4 is 5.97 Å². The predicted molar refractivity (Wildman–Crippen MR) is 50.7 cm³/mol. The van der Waals surface area contributed by atoms with Crippen molar-refractivity contribution in [3.63, 3.8) is 0 Å². The second kappa shape index (κ2) is 6.38. The molecule has 0 bridgehead atoms. The lowest BCUT2D eigenvalue weighted by molar-refractivity contribution is -0.344. The molecular weight excluding hydrogens is 252 g/mol. The zero-order valence-electron chi connectivity index (χ0n) is 9.25. The Morgan fingerprint density at radius 1 is 1.22 bits per heavy atom. The van der Waals surface area contributed by atoms with Gasteiger partial charge in [-0.1, -0.05) is 0 Å². The van der Waals surface area contributed by atoms with E-state index in [0.29, 0.717) is 0 Å². The Balaban J connectivity index is 2.72. The highest BCUT2D eigenvalue weighted by molar-refractivity contribution is 5.70. The van der Waals surface area contributed by atoms with E-state index in [1.54, 1.807) is 0 Å². The van der Waals surface area contributed by atoms with Crippen molar-refractivity contribution in [1.29, 1.82) is 0 Å². The summed E-state index contributed by atoms with van der Waals surface area (Å²) in [6.07, 6.45) is -9.56. The lowest BCUT2D eigenvalue weighted by Gasteiger charge is -2.40. The monoisotopic (exact) mass is 267 g/mol. The zero-order chi connectivity index (χ0) is 13.9. The zero-order valence-corrected chi connectivity index (χ0v) is 9.25. The SMILES string of the molecule is O=C([O-])C(CO)O[C@H]1OC(CO)[C@@H](O)[C@H](O)C1O. The van der Waals surface area contributed by atoms with E-state index < -0.39 is 56.0 Å². The molecule has 1 aliphatic heterocycles. The third-order valence-electron chi connectivity index (χ3n) is 2.58. The maximum atomic E-state index is 10.5. The number of hydrogen-bond donors (Lipinski definition) is 5. The number of carbonyl (C=O) groups is 1. The fraction of sp³-hybridized carbons (Fsp3) is 0.889. The van der Waals surface area contributed by atoms with Crippen LogP contribution in [-0.4, -0.2) is 81.5 Å². The van der Waals surface area contributed by atoms with Crippen LogP contribution in [0.15, 0.2) is 0 Å². The highest BCUT2D eigenvalue weighted by Crippen LogP contribution is 2.22. The number of aliphatic hydroxyl groups excluding tert-OH is 5. The number of carboxylic acid groups (broad SMARTS) is 1. The van der Waals surface area contributed by atoms with Gasteiger partial charge in [-0.05, 0) is 0 Å². The largest absolute Gasteiger partial charge is 0.547 e. The van der Waals surface area contributed by atoms with E-state index in [1.807, 2.05) is 0 Å². The van der Waals surface area contributed by atoms with Gasteiger partial charge >= 0.3 is 0 Å². The second-order valence-corrected chi connectivity index (χ2v) is 3.82. The van der Waals surface area contributed by atoms with Crippen LogP contribution in [0.1, 0.15) is 0 Å². The molecule has 5 N–H and O–H groups in total. The van der Waals surface area contributed by atoms with Crippen molar-refractivity contribution in [3.8, 4) is 0 Å². The van der Waals surface area contributed by atoms with Crippen molar-refractivity contribution in [3.05, 3.63) is 0 Å². The summed E-state index contributed by atoms with van der Waals surface area (Å²) in [6.45, 7) is -1.59. The van der Waals surface area contributed by atoms with Gasteiger partial charge in [0.2, 0.25) is 0 Å². The Kier molecular flexibility index (Phi) is 5.41. The molecule has 0 aliphatic carbocycles. The minimum atomic E-state index is -1.76. The smallest absolute Gasteiger partial charge is 0.187 e. The topological polar surface area (TPSA) is 160 Å². The summed E-state index contributed by atoms with van der Waals surface area (Å²) in [4.78, 5) is 10.5. The van der Waals surface area contributed by atoms with Crippen LogP contribution < -0.4 is 5.11 Å². The maximum Gasteiger partial charge on any atom is 0.187 e. The summed E-state index contributed by atoms with van der Waals surface area (Å²) in [5.41, 5.74) is 0. The van der Waals surface area contributed by atoms with Gasteiger partial charge in [-0.3, -0.25) is 0 Å². The lowest BCUT2D eigenvalue weighted by Crippen LogP contribution is -2.60. The van der Waals surface area contributed by atoms with Crippen molar-refractivity contribution < 1.29 is 44.9 Å². The van der Waals surface area contributed by atoms with Crippen LogP contribution in [0.5, 0.6) is 0 Å². The van der Waals surface area contributed by atoms with Crippen LogP contribution in [0.2, 0.25) is 0 Å². The number of hydrogen-bond acceptors (Lipinski definition) is 9. The number of carbonyl (C=O) groups excluding carboxylic acids is 1. The molecule has 106 valence electrons. The molecule has 1 fully saturated rings. The molecule has 0 aromatic carbocycles. The number of ether oxygens (including phenoxy) is 2. The second-order valence-electron chi connectivity index (χ2n) is 3.82. The van der Waals surface area contributed by atoms with Gasteiger partial charge in [0.15, 0.2) is 6.29 Å². The Morgan fingerprint density at radius 2 is 1.83 bits per heavy atom. The number of aliphatic hydroxyl groups is 5. The van der Waals surface area contributed by atoms with Gasteiger partial charge in [0.1, 0.15) is 30.5 Å². The molecule has 0 saturated carbocycles. The third-order valence-corrected chi connectivity index (χ3v) is 2.58. The van der Waals surface area contributed by atoms with Gasteiger partial charge in [0, 0.05) is 0 Å². The average molecular weight is 267 g/mol. The first-order chi connectivity index (χ1) is 8.42. The van der Waals surface area contributed by atoms with Crippen LogP contribution >= 0.6 is 0 Å². The van der Waals surface area contributed by atoms with Gasteiger partial charge in [0.05, 0.1) is 19.2 Å². The fourth-order valence-electron chi connectivity index (χ4n) is 1.51. The number of carboxylic acids is 1. The molecule has 1 aliphatic rings. The molecule has 6 atom stereocenters. The number of rotatable bonds is 5. The third kappa shape index (κ3) is 3.14. The molecule has 0 amide bonds. The van der Waals surface area contributed by atoms with E-state index in [4.69, 9.17) is 19.7 Å². The van der Waals surface area contributed by atoms with Crippen molar-refractivity contribution in [1.82, 2.24) is 0 Å². The molecule has 0 spiro atoms. The highest BCUT2D eigenvalue weighted by Gasteiger charge is 2.44. The normalized spacial score (nSPS) is 38.4. The van der Waals surface area contributed by atoms with Crippen molar-refractivity contribution in [2.45, 2.75) is 36.8 Å². The summed E-state index contributed by atoms with van der Waals surface area (Å²) in [6, 6.07) is 0. The minimum Gasteiger partial charge on any atom is -0.547 e. The molecule has 9 nitrogen and oxygen atoms in total. The van der Waals surface area contributed by atoms with E-state index >= 15 is 0 Å². The molecule has 0 aromatic heterocycles. The van der Waals surface area contributed by atoms with E-state index in [2.05, 4.69) is 0 Å². The van der Waals surface area contributed by atoms with Crippen LogP contribution in [-0.2, 0) is 14.3 Å². The van der Waals surface area contributed by atoms with Crippen LogP contribution in [0.25, 0.3) is 0 Å². The molecule has 0 radical (unpaired) electrons. The maximum absolute atomic E-state index is 10.5. The molecule has 18 heavy (non-hydrogen) atoms. The van der Waals surface area contributed by atoms with Crippen molar-refractivity contribution in [2.75, 3.05) is 13.2 Å². The molecule has 0 aromatic rings. The lowest BCUT2D eigenvalue weighted by atomic mass is 9.99. The first-order valence-electron chi connectivity index (χ1n) is 5.20. The van der Waals surface area contributed by atoms with Gasteiger partial charge < -0.3 is 44.9 Å². The predicted octanol–water partition coefficient (Wildman–Crippen LogP) is -5.09. The van der Waals surface area contributed by atoms with E-state index in [-0.39, 0.29) is 0 Å². The van der Waals surface area contributed by atoms with Gasteiger partial charge in [-0.25, -0.2) is 0 Å². The average Bonchev–Trinajstić information content (AvgIpc) is 2.35. The highest BCUT2D eigenvalue weighted by atomic mass is 16.7. The van der Waals surface area contributed by atoms with Crippen molar-refractivity contribution in [2.24, 2.45) is 0 Å². The Morgan fingerprint density at radius 3 is 2.28 bits per heavy atom. The molecular formula is C9H15O9-. The number of aliphatic carboxylic acids is 1. The van der Waals surface area contributed by atoms with Gasteiger partial charge in [-0.15, -0.1) is 0 Å². The van der Waals surface area contributed by atoms with E-state index in [0.717, 1.165) is 0 Å². The first kappa shape index (κ1) is 15.2. The van der Waals surface area contributed by atoms with Crippen LogP contribution in [0.3, 0.4) is 0 Å². The summed E-state index contributed by atoms with van der Waals surface area (Å²) >= 11 is 0. The summed E-state index contributed by atoms with van der Waals surface area (Å²) < 4.78 is 9.58. The summed E-state index contributed by atoms with van der Waals surface area (Å²) in [5.74, 6) is -1.73. The van der Waals surface area contributed by atoms with Gasteiger partial charge in [-0.2, -0.15) is 0 Å². The Hall–Kier alpha value is -0.810. The fourth-order valence-corrected chi connectivity index (χ4v) is 1.51. The quantitative estimate of drug-likeness (QED) is 0.328. The molecule has 9 heteroatoms. The summed E-state index contributed by atoms with van der Waals surface area (Å²) in [7, 11) is 0. The molecule has 1 heterocycles. The molecule has 3 unspecified atom stereocenters. The van der Waals surface area contributed by atoms with E-state index in [9.17, 15) is 25.2 Å². The Bertz CT molecular complexity index is 281.